The SMILES string of the molecule is CCCCC1CCC(C(NCCC)c2ccc(C)o2)CC1. The Bertz CT molecular complexity index is 390. The zero-order valence-electron chi connectivity index (χ0n) is 14.2. The van der Waals surface area contributed by atoms with E-state index < -0.39 is 0 Å². The van der Waals surface area contributed by atoms with E-state index in [1.807, 2.05) is 6.92 Å². The van der Waals surface area contributed by atoms with Crippen LogP contribution in [0.4, 0.5) is 0 Å². The summed E-state index contributed by atoms with van der Waals surface area (Å²) in [6, 6.07) is 4.69. The summed E-state index contributed by atoms with van der Waals surface area (Å²) < 4.78 is 5.93. The van der Waals surface area contributed by atoms with Gasteiger partial charge in [-0.05, 0) is 56.7 Å². The van der Waals surface area contributed by atoms with Gasteiger partial charge in [0.15, 0.2) is 0 Å². The lowest BCUT2D eigenvalue weighted by atomic mass is 9.76. The van der Waals surface area contributed by atoms with Gasteiger partial charge in [-0.3, -0.25) is 0 Å². The third-order valence-electron chi connectivity index (χ3n) is 5.01. The Morgan fingerprint density at radius 1 is 1.14 bits per heavy atom. The number of unbranched alkanes of at least 4 members (excludes halogenated alkanes) is 1. The lowest BCUT2D eigenvalue weighted by Gasteiger charge is -2.33. The van der Waals surface area contributed by atoms with E-state index >= 15 is 0 Å². The minimum absolute atomic E-state index is 0.422. The van der Waals surface area contributed by atoms with E-state index in [2.05, 4.69) is 31.3 Å². The molecule has 21 heavy (non-hydrogen) atoms. The topological polar surface area (TPSA) is 25.2 Å². The summed E-state index contributed by atoms with van der Waals surface area (Å²) >= 11 is 0. The van der Waals surface area contributed by atoms with Crippen LogP contribution in [0.25, 0.3) is 0 Å². The van der Waals surface area contributed by atoms with Crippen molar-refractivity contribution < 1.29 is 4.42 Å². The standard InChI is InChI=1S/C19H33NO/c1-4-6-7-16-9-11-17(12-10-16)19(20-14-5-2)18-13-8-15(3)21-18/h8,13,16-17,19-20H,4-7,9-12,14H2,1-3H3. The first-order chi connectivity index (χ1) is 10.2. The van der Waals surface area contributed by atoms with Gasteiger partial charge >= 0.3 is 0 Å². The predicted molar refractivity (Wildman–Crippen MR) is 89.5 cm³/mol. The van der Waals surface area contributed by atoms with Crippen LogP contribution in [0, 0.1) is 18.8 Å². The van der Waals surface area contributed by atoms with Gasteiger partial charge in [0.1, 0.15) is 11.5 Å². The second-order valence-corrected chi connectivity index (χ2v) is 6.80. The monoisotopic (exact) mass is 291 g/mol. The zero-order chi connectivity index (χ0) is 15.1. The van der Waals surface area contributed by atoms with Gasteiger partial charge in [0.25, 0.3) is 0 Å². The van der Waals surface area contributed by atoms with Crippen LogP contribution < -0.4 is 5.32 Å². The maximum atomic E-state index is 5.93. The highest BCUT2D eigenvalue weighted by molar-refractivity contribution is 5.11. The molecule has 0 aromatic carbocycles. The van der Waals surface area contributed by atoms with E-state index in [1.165, 1.54) is 51.4 Å². The van der Waals surface area contributed by atoms with Crippen molar-refractivity contribution >= 4 is 0 Å². The van der Waals surface area contributed by atoms with Gasteiger partial charge < -0.3 is 9.73 Å². The molecule has 1 aromatic heterocycles. The van der Waals surface area contributed by atoms with Crippen molar-refractivity contribution in [3.05, 3.63) is 23.7 Å². The molecule has 0 bridgehead atoms. The van der Waals surface area contributed by atoms with Crippen molar-refractivity contribution in [3.8, 4) is 0 Å². The molecular formula is C19H33NO. The van der Waals surface area contributed by atoms with Crippen LogP contribution in [0.3, 0.4) is 0 Å². The Morgan fingerprint density at radius 3 is 2.48 bits per heavy atom. The first kappa shape index (κ1) is 16.6. The summed E-state index contributed by atoms with van der Waals surface area (Å²) in [5.74, 6) is 3.91. The fourth-order valence-electron chi connectivity index (χ4n) is 3.72. The molecule has 0 saturated heterocycles. The van der Waals surface area contributed by atoms with E-state index in [4.69, 9.17) is 4.42 Å². The Kier molecular flexibility index (Phi) is 6.82. The normalized spacial score (nSPS) is 24.1. The van der Waals surface area contributed by atoms with Gasteiger partial charge in [0.2, 0.25) is 0 Å². The average Bonchev–Trinajstić information content (AvgIpc) is 2.93. The van der Waals surface area contributed by atoms with Crippen molar-refractivity contribution in [3.63, 3.8) is 0 Å². The molecule has 0 radical (unpaired) electrons. The number of hydrogen-bond donors (Lipinski definition) is 1. The fourth-order valence-corrected chi connectivity index (χ4v) is 3.72. The number of aryl methyl sites for hydroxylation is 1. The molecule has 1 fully saturated rings. The Labute approximate surface area is 130 Å². The summed E-state index contributed by atoms with van der Waals surface area (Å²) in [7, 11) is 0. The number of rotatable bonds is 8. The summed E-state index contributed by atoms with van der Waals surface area (Å²) in [6.45, 7) is 7.66. The van der Waals surface area contributed by atoms with Crippen molar-refractivity contribution in [1.82, 2.24) is 5.32 Å². The molecule has 1 unspecified atom stereocenters. The van der Waals surface area contributed by atoms with Gasteiger partial charge in [-0.2, -0.15) is 0 Å². The third kappa shape index (κ3) is 4.88. The molecule has 1 aliphatic rings. The van der Waals surface area contributed by atoms with E-state index in [0.29, 0.717) is 6.04 Å². The second kappa shape index (κ2) is 8.63. The maximum Gasteiger partial charge on any atom is 0.121 e. The van der Waals surface area contributed by atoms with Crippen molar-refractivity contribution in [2.75, 3.05) is 6.54 Å². The van der Waals surface area contributed by atoms with E-state index in [1.54, 1.807) is 0 Å². The Balaban J connectivity index is 1.92. The molecule has 2 heteroatoms. The van der Waals surface area contributed by atoms with Crippen molar-refractivity contribution in [1.29, 1.82) is 0 Å². The molecule has 1 heterocycles. The van der Waals surface area contributed by atoms with Gasteiger partial charge in [0, 0.05) is 0 Å². The van der Waals surface area contributed by atoms with E-state index in [9.17, 15) is 0 Å². The molecule has 1 aliphatic carbocycles. The number of furan rings is 1. The summed E-state index contributed by atoms with van der Waals surface area (Å²) in [6.07, 6.45) is 10.9. The summed E-state index contributed by atoms with van der Waals surface area (Å²) in [5, 5.41) is 3.73. The van der Waals surface area contributed by atoms with Crippen LogP contribution in [0.2, 0.25) is 0 Å². The van der Waals surface area contributed by atoms with Crippen LogP contribution in [0.1, 0.15) is 82.8 Å². The van der Waals surface area contributed by atoms with Crippen LogP contribution in [-0.2, 0) is 0 Å². The number of hydrogen-bond acceptors (Lipinski definition) is 2. The van der Waals surface area contributed by atoms with E-state index in [-0.39, 0.29) is 0 Å². The fraction of sp³-hybridized carbons (Fsp3) is 0.789. The summed E-state index contributed by atoms with van der Waals surface area (Å²) in [5.41, 5.74) is 0. The Morgan fingerprint density at radius 2 is 1.90 bits per heavy atom. The molecule has 2 rings (SSSR count). The smallest absolute Gasteiger partial charge is 0.121 e. The predicted octanol–water partition coefficient (Wildman–Crippen LogP) is 5.63. The molecular weight excluding hydrogens is 258 g/mol. The zero-order valence-corrected chi connectivity index (χ0v) is 14.2. The molecule has 0 amide bonds. The van der Waals surface area contributed by atoms with Gasteiger partial charge in [0.05, 0.1) is 6.04 Å². The van der Waals surface area contributed by atoms with Crippen LogP contribution in [0.15, 0.2) is 16.5 Å². The minimum Gasteiger partial charge on any atom is -0.465 e. The lowest BCUT2D eigenvalue weighted by Crippen LogP contribution is -2.31. The molecule has 120 valence electrons. The largest absolute Gasteiger partial charge is 0.465 e. The molecule has 1 atom stereocenters. The van der Waals surface area contributed by atoms with Crippen LogP contribution in [0.5, 0.6) is 0 Å². The molecule has 2 nitrogen and oxygen atoms in total. The van der Waals surface area contributed by atoms with Gasteiger partial charge in [-0.25, -0.2) is 0 Å². The molecule has 0 aliphatic heterocycles. The van der Waals surface area contributed by atoms with Gasteiger partial charge in [-0.1, -0.05) is 46.0 Å². The summed E-state index contributed by atoms with van der Waals surface area (Å²) in [4.78, 5) is 0. The molecule has 1 N–H and O–H groups in total. The van der Waals surface area contributed by atoms with Crippen molar-refractivity contribution in [2.45, 2.75) is 78.2 Å². The van der Waals surface area contributed by atoms with Crippen molar-refractivity contribution in [2.24, 2.45) is 11.8 Å². The Hall–Kier alpha value is -0.760. The molecule has 0 spiro atoms. The first-order valence-corrected chi connectivity index (χ1v) is 9.04. The van der Waals surface area contributed by atoms with E-state index in [0.717, 1.165) is 29.9 Å². The molecule has 1 saturated carbocycles. The maximum absolute atomic E-state index is 5.93. The third-order valence-corrected chi connectivity index (χ3v) is 5.01. The highest BCUT2D eigenvalue weighted by atomic mass is 16.3. The highest BCUT2D eigenvalue weighted by Crippen LogP contribution is 2.39. The molecule has 1 aromatic rings. The minimum atomic E-state index is 0.422. The second-order valence-electron chi connectivity index (χ2n) is 6.80. The quantitative estimate of drug-likeness (QED) is 0.672. The first-order valence-electron chi connectivity index (χ1n) is 9.04. The average molecular weight is 291 g/mol. The lowest BCUT2D eigenvalue weighted by molar-refractivity contribution is 0.197. The van der Waals surface area contributed by atoms with Gasteiger partial charge in [-0.15, -0.1) is 0 Å². The van der Waals surface area contributed by atoms with Crippen LogP contribution in [-0.4, -0.2) is 6.54 Å². The highest BCUT2D eigenvalue weighted by Gasteiger charge is 2.29. The number of nitrogens with one attached hydrogen (secondary N) is 1. The van der Waals surface area contributed by atoms with Crippen LogP contribution >= 0.6 is 0 Å².